The van der Waals surface area contributed by atoms with Crippen LogP contribution in [0, 0.1) is 5.41 Å². The molecule has 1 aromatic heterocycles. The summed E-state index contributed by atoms with van der Waals surface area (Å²) in [6, 6.07) is 8.65. The average molecular weight is 375 g/mol. The van der Waals surface area contributed by atoms with Crippen LogP contribution >= 0.6 is 12.4 Å². The number of rotatable bonds is 3. The Balaban J connectivity index is 0.00000168. The number of aromatic nitrogens is 2. The molecule has 1 aliphatic carbocycles. The normalized spacial score (nSPS) is 24.3. The second kappa shape index (κ2) is 7.20. The summed E-state index contributed by atoms with van der Waals surface area (Å²) in [7, 11) is 0. The Labute approximate surface area is 160 Å². The number of nitrogens with one attached hydrogen (secondary N) is 1. The highest BCUT2D eigenvalue weighted by molar-refractivity contribution is 5.85. The maximum Gasteiger partial charge on any atom is 0.230 e. The van der Waals surface area contributed by atoms with Gasteiger partial charge in [-0.1, -0.05) is 5.16 Å². The van der Waals surface area contributed by atoms with Crippen LogP contribution in [-0.4, -0.2) is 36.3 Å². The predicted molar refractivity (Wildman–Crippen MR) is 105 cm³/mol. The lowest BCUT2D eigenvalue weighted by Gasteiger charge is -2.28. The Morgan fingerprint density at radius 2 is 1.77 bits per heavy atom. The Morgan fingerprint density at radius 3 is 2.50 bits per heavy atom. The smallest absolute Gasteiger partial charge is 0.230 e. The summed E-state index contributed by atoms with van der Waals surface area (Å²) in [5.41, 5.74) is 2.80. The minimum absolute atomic E-state index is 0. The molecule has 0 radical (unpaired) electrons. The molecule has 3 heterocycles. The lowest BCUT2D eigenvalue weighted by Crippen LogP contribution is -2.29. The maximum absolute atomic E-state index is 5.63. The average Bonchev–Trinajstić information content (AvgIpc) is 3.15. The molecule has 2 aliphatic heterocycles. The van der Waals surface area contributed by atoms with Crippen molar-refractivity contribution < 1.29 is 4.52 Å². The highest BCUT2D eigenvalue weighted by Crippen LogP contribution is 2.63. The van der Waals surface area contributed by atoms with Gasteiger partial charge in [-0.2, -0.15) is 4.98 Å². The maximum atomic E-state index is 5.63. The van der Waals surface area contributed by atoms with E-state index >= 15 is 0 Å². The van der Waals surface area contributed by atoms with Gasteiger partial charge in [-0.25, -0.2) is 0 Å². The number of hydrogen-bond donors (Lipinski definition) is 1. The van der Waals surface area contributed by atoms with E-state index in [0.29, 0.717) is 11.3 Å². The first kappa shape index (κ1) is 17.8. The molecular weight excluding hydrogens is 348 g/mol. The van der Waals surface area contributed by atoms with Crippen LogP contribution in [0.5, 0.6) is 0 Å². The first-order valence-electron chi connectivity index (χ1n) is 9.74. The van der Waals surface area contributed by atoms with Crippen molar-refractivity contribution in [2.75, 3.05) is 31.1 Å². The van der Waals surface area contributed by atoms with Crippen LogP contribution in [0.4, 0.5) is 5.69 Å². The largest absolute Gasteiger partial charge is 0.372 e. The van der Waals surface area contributed by atoms with Crippen LogP contribution in [-0.2, 0) is 0 Å². The van der Waals surface area contributed by atoms with E-state index in [2.05, 4.69) is 39.6 Å². The van der Waals surface area contributed by atoms with Crippen molar-refractivity contribution in [1.29, 1.82) is 0 Å². The van der Waals surface area contributed by atoms with Crippen molar-refractivity contribution in [2.45, 2.75) is 44.4 Å². The van der Waals surface area contributed by atoms with Gasteiger partial charge in [-0.15, -0.1) is 12.4 Å². The quantitative estimate of drug-likeness (QED) is 0.879. The van der Waals surface area contributed by atoms with Gasteiger partial charge in [0.25, 0.3) is 0 Å². The van der Waals surface area contributed by atoms with Crippen molar-refractivity contribution in [1.82, 2.24) is 15.5 Å². The first-order valence-corrected chi connectivity index (χ1v) is 9.74. The molecule has 3 fully saturated rings. The zero-order valence-electron chi connectivity index (χ0n) is 15.1. The second-order valence-electron chi connectivity index (χ2n) is 7.92. The summed E-state index contributed by atoms with van der Waals surface area (Å²) in [4.78, 5) is 7.19. The van der Waals surface area contributed by atoms with Crippen LogP contribution in [0.2, 0.25) is 0 Å². The molecular formula is C20H27ClN4O. The van der Waals surface area contributed by atoms with E-state index in [4.69, 9.17) is 9.51 Å². The van der Waals surface area contributed by atoms with Gasteiger partial charge in [0.05, 0.1) is 0 Å². The second-order valence-corrected chi connectivity index (χ2v) is 7.92. The highest BCUT2D eigenvalue weighted by atomic mass is 35.5. The molecule has 1 N–H and O–H groups in total. The Bertz CT molecular complexity index is 733. The van der Waals surface area contributed by atoms with Gasteiger partial charge in [0.15, 0.2) is 0 Å². The summed E-state index contributed by atoms with van der Waals surface area (Å²) in [6.07, 6.45) is 7.65. The molecule has 1 unspecified atom stereocenters. The number of hydrogen-bond acceptors (Lipinski definition) is 5. The molecule has 26 heavy (non-hydrogen) atoms. The van der Waals surface area contributed by atoms with Gasteiger partial charge in [0.2, 0.25) is 11.7 Å². The standard InChI is InChI=1S/C20H26N4O.ClH/c1-2-12-24(13-3-1)16-6-4-15(5-7-16)18-22-19(25-23-18)17-14-20(17)8-10-21-11-9-20;/h4-7,17,21H,1-3,8-14H2;1H. The lowest BCUT2D eigenvalue weighted by molar-refractivity contribution is 0.311. The summed E-state index contributed by atoms with van der Waals surface area (Å²) < 4.78 is 5.63. The third-order valence-corrected chi connectivity index (χ3v) is 6.38. The third-order valence-electron chi connectivity index (χ3n) is 6.38. The van der Waals surface area contributed by atoms with Crippen molar-refractivity contribution in [3.63, 3.8) is 0 Å². The van der Waals surface area contributed by atoms with E-state index in [1.54, 1.807) is 0 Å². The van der Waals surface area contributed by atoms with Gasteiger partial charge in [0.1, 0.15) is 0 Å². The molecule has 5 rings (SSSR count). The van der Waals surface area contributed by atoms with E-state index < -0.39 is 0 Å². The number of halogens is 1. The van der Waals surface area contributed by atoms with Gasteiger partial charge < -0.3 is 14.7 Å². The third kappa shape index (κ3) is 3.23. The fraction of sp³-hybridized carbons (Fsp3) is 0.600. The summed E-state index contributed by atoms with van der Waals surface area (Å²) in [5, 5.41) is 7.70. The van der Waals surface area contributed by atoms with Crippen molar-refractivity contribution in [3.05, 3.63) is 30.2 Å². The summed E-state index contributed by atoms with van der Waals surface area (Å²) >= 11 is 0. The van der Waals surface area contributed by atoms with Gasteiger partial charge in [-0.05, 0) is 81.3 Å². The van der Waals surface area contributed by atoms with Crippen LogP contribution in [0.25, 0.3) is 11.4 Å². The van der Waals surface area contributed by atoms with E-state index in [9.17, 15) is 0 Å². The zero-order chi connectivity index (χ0) is 16.7. The first-order chi connectivity index (χ1) is 12.3. The van der Waals surface area contributed by atoms with Gasteiger partial charge in [-0.3, -0.25) is 0 Å². The highest BCUT2D eigenvalue weighted by Gasteiger charge is 2.57. The van der Waals surface area contributed by atoms with Crippen molar-refractivity contribution in [2.24, 2.45) is 5.41 Å². The summed E-state index contributed by atoms with van der Waals surface area (Å²) in [6.45, 7) is 4.58. The Hall–Kier alpha value is -1.59. The van der Waals surface area contributed by atoms with E-state index in [0.717, 1.165) is 30.4 Å². The lowest BCUT2D eigenvalue weighted by atomic mass is 9.92. The van der Waals surface area contributed by atoms with Crippen molar-refractivity contribution in [3.8, 4) is 11.4 Å². The van der Waals surface area contributed by atoms with Crippen LogP contribution in [0.3, 0.4) is 0 Å². The monoisotopic (exact) mass is 374 g/mol. The fourth-order valence-corrected chi connectivity index (χ4v) is 4.64. The molecule has 3 aliphatic rings. The Kier molecular flexibility index (Phi) is 4.93. The number of piperidine rings is 2. The van der Waals surface area contributed by atoms with Gasteiger partial charge in [0, 0.05) is 30.3 Å². The zero-order valence-corrected chi connectivity index (χ0v) is 15.9. The molecule has 0 bridgehead atoms. The number of benzene rings is 1. The molecule has 1 atom stereocenters. The molecule has 2 saturated heterocycles. The number of nitrogens with zero attached hydrogens (tertiary/aromatic N) is 3. The predicted octanol–water partition coefficient (Wildman–Crippen LogP) is 4.01. The van der Waals surface area contributed by atoms with Gasteiger partial charge >= 0.3 is 0 Å². The Morgan fingerprint density at radius 1 is 1.04 bits per heavy atom. The van der Waals surface area contributed by atoms with Crippen LogP contribution < -0.4 is 10.2 Å². The van der Waals surface area contributed by atoms with Crippen LogP contribution in [0.1, 0.15) is 50.3 Å². The van der Waals surface area contributed by atoms with E-state index in [1.807, 2.05) is 0 Å². The SMILES string of the molecule is Cl.c1cc(N2CCCCC2)ccc1-c1noc(C2CC23CCNCC3)n1. The number of anilines is 1. The van der Waals surface area contributed by atoms with E-state index in [-0.39, 0.29) is 12.4 Å². The molecule has 1 spiro atoms. The summed E-state index contributed by atoms with van der Waals surface area (Å²) in [5.74, 6) is 2.05. The topological polar surface area (TPSA) is 54.2 Å². The molecule has 6 heteroatoms. The fourth-order valence-electron chi connectivity index (χ4n) is 4.64. The molecule has 2 aromatic rings. The molecule has 5 nitrogen and oxygen atoms in total. The molecule has 140 valence electrons. The molecule has 1 saturated carbocycles. The minimum atomic E-state index is 0. The molecule has 0 amide bonds. The van der Waals surface area contributed by atoms with E-state index in [1.165, 1.54) is 57.3 Å². The minimum Gasteiger partial charge on any atom is -0.372 e. The molecule has 1 aromatic carbocycles. The van der Waals surface area contributed by atoms with Crippen molar-refractivity contribution >= 4 is 18.1 Å². The van der Waals surface area contributed by atoms with Crippen LogP contribution in [0.15, 0.2) is 28.8 Å².